The first kappa shape index (κ1) is 24.5. The van der Waals surface area contributed by atoms with E-state index in [9.17, 15) is 9.60 Å². The molecule has 0 N–H and O–H groups in total. The summed E-state index contributed by atoms with van der Waals surface area (Å²) in [5.74, 6) is -0.418. The highest BCUT2D eigenvalue weighted by Gasteiger charge is 2.33. The molecular weight excluding hydrogens is 479 g/mol. The maximum Gasteiger partial charge on any atom is 0.316 e. The van der Waals surface area contributed by atoms with E-state index in [-0.39, 0.29) is 12.3 Å². The predicted octanol–water partition coefficient (Wildman–Crippen LogP) is 4.36. The Labute approximate surface area is 210 Å². The van der Waals surface area contributed by atoms with E-state index >= 15 is 0 Å². The molecule has 9 nitrogen and oxygen atoms in total. The Bertz CT molecular complexity index is 1410. The van der Waals surface area contributed by atoms with Crippen LogP contribution in [-0.2, 0) is 29.4 Å². The number of nitrogens with zero attached hydrogens (tertiary/aromatic N) is 6. The van der Waals surface area contributed by atoms with Crippen LogP contribution >= 0.6 is 0 Å². The molecule has 36 heavy (non-hydrogen) atoms. The second-order valence-corrected chi connectivity index (χ2v) is 16.6. The topological polar surface area (TPSA) is 93.9 Å². The zero-order valence-electron chi connectivity index (χ0n) is 21.3. The number of fused-ring (bicyclic) bond motifs is 2. The third kappa shape index (κ3) is 4.78. The highest BCUT2D eigenvalue weighted by molar-refractivity contribution is 6.76. The molecule has 1 aliphatic heterocycles. The lowest BCUT2D eigenvalue weighted by molar-refractivity contribution is -0.580. The highest BCUT2D eigenvalue weighted by atomic mass is 28.3. The van der Waals surface area contributed by atoms with E-state index in [1.807, 2.05) is 18.5 Å². The van der Waals surface area contributed by atoms with Crippen molar-refractivity contribution >= 4 is 19.1 Å². The van der Waals surface area contributed by atoms with E-state index in [4.69, 9.17) is 14.6 Å². The minimum atomic E-state index is -1.23. The summed E-state index contributed by atoms with van der Waals surface area (Å²) >= 11 is 0. The molecule has 0 unspecified atom stereocenters. The minimum Gasteiger partial charge on any atom is -0.711 e. The zero-order valence-corrected chi connectivity index (χ0v) is 22.3. The van der Waals surface area contributed by atoms with Crippen LogP contribution < -0.4 is 4.73 Å². The van der Waals surface area contributed by atoms with Crippen LogP contribution in [0.1, 0.15) is 19.5 Å². The molecule has 0 aromatic carbocycles. The van der Waals surface area contributed by atoms with Crippen molar-refractivity contribution in [2.45, 2.75) is 65.0 Å². The van der Waals surface area contributed by atoms with Crippen molar-refractivity contribution in [2.24, 2.45) is 0 Å². The molecule has 5 rings (SSSR count). The lowest BCUT2D eigenvalue weighted by Gasteiger charge is -2.31. The Hall–Kier alpha value is -3.15. The number of rotatable bonds is 7. The molecule has 190 valence electrons. The summed E-state index contributed by atoms with van der Waals surface area (Å²) in [7, 11) is -1.23. The Morgan fingerprint density at radius 2 is 2.03 bits per heavy atom. The fourth-order valence-electron chi connectivity index (χ4n) is 4.37. The third-order valence-electron chi connectivity index (χ3n) is 6.32. The van der Waals surface area contributed by atoms with E-state index in [0.717, 1.165) is 27.6 Å². The SMILES string of the molecule is CC1(C)Cn2nc(-c3ccc(F)cn3)c(-c3cc[n+]([O-])c4c3cnn4COCC[Si](C)(C)C)c2CO1. The van der Waals surface area contributed by atoms with Crippen molar-refractivity contribution in [2.75, 3.05) is 6.61 Å². The van der Waals surface area contributed by atoms with Gasteiger partial charge in [-0.3, -0.25) is 9.67 Å². The van der Waals surface area contributed by atoms with Crippen molar-refractivity contribution < 1.29 is 18.6 Å². The summed E-state index contributed by atoms with van der Waals surface area (Å²) in [5.41, 5.74) is 3.63. The van der Waals surface area contributed by atoms with Gasteiger partial charge < -0.3 is 14.7 Å². The van der Waals surface area contributed by atoms with Crippen molar-refractivity contribution in [3.63, 3.8) is 0 Å². The van der Waals surface area contributed by atoms with Gasteiger partial charge in [-0.25, -0.2) is 9.12 Å². The number of ether oxygens (including phenoxy) is 2. The number of hydrogen-bond acceptors (Lipinski definition) is 6. The highest BCUT2D eigenvalue weighted by Crippen LogP contribution is 2.40. The molecule has 0 bridgehead atoms. The van der Waals surface area contributed by atoms with Crippen molar-refractivity contribution in [1.82, 2.24) is 24.5 Å². The number of aromatic nitrogens is 6. The zero-order chi connectivity index (χ0) is 25.7. The van der Waals surface area contributed by atoms with Crippen LogP contribution in [0.5, 0.6) is 0 Å². The average molecular weight is 511 g/mol. The van der Waals surface area contributed by atoms with E-state index in [1.54, 1.807) is 23.0 Å². The van der Waals surface area contributed by atoms with Crippen LogP contribution in [0, 0.1) is 11.0 Å². The molecule has 1 aliphatic rings. The summed E-state index contributed by atoms with van der Waals surface area (Å²) < 4.78 is 29.9. The van der Waals surface area contributed by atoms with Gasteiger partial charge in [0.25, 0.3) is 0 Å². The van der Waals surface area contributed by atoms with Gasteiger partial charge in [0, 0.05) is 25.8 Å². The standard InChI is InChI=1S/C25H31FN6O3Si/c1-25(2)15-30-21(14-35-25)22(23(29-30)20-7-6-17(26)12-27-20)18-8-9-32(33)24-19(18)13-28-31(24)16-34-10-11-36(3,4)5/h6-9,12-13H,10-11,14-16H2,1-5H3. The van der Waals surface area contributed by atoms with Gasteiger partial charge in [0.05, 0.1) is 54.1 Å². The first-order valence-electron chi connectivity index (χ1n) is 12.0. The van der Waals surface area contributed by atoms with Crippen LogP contribution in [0.15, 0.2) is 36.8 Å². The molecule has 0 saturated heterocycles. The molecule has 11 heteroatoms. The van der Waals surface area contributed by atoms with E-state index in [2.05, 4.69) is 29.7 Å². The Morgan fingerprint density at radius 1 is 1.22 bits per heavy atom. The van der Waals surface area contributed by atoms with Gasteiger partial charge in [0.15, 0.2) is 0 Å². The second kappa shape index (κ2) is 9.06. The van der Waals surface area contributed by atoms with Gasteiger partial charge in [-0.15, -0.1) is 4.68 Å². The van der Waals surface area contributed by atoms with E-state index in [1.165, 1.54) is 18.5 Å². The van der Waals surface area contributed by atoms with Crippen LogP contribution in [-0.4, -0.2) is 44.8 Å². The summed E-state index contributed by atoms with van der Waals surface area (Å²) in [6.45, 7) is 12.6. The van der Waals surface area contributed by atoms with Gasteiger partial charge in [0.1, 0.15) is 11.5 Å². The van der Waals surface area contributed by atoms with Crippen LogP contribution in [0.2, 0.25) is 25.7 Å². The summed E-state index contributed by atoms with van der Waals surface area (Å²) in [6.07, 6.45) is 4.33. The summed E-state index contributed by atoms with van der Waals surface area (Å²) in [5, 5.41) is 22.8. The maximum absolute atomic E-state index is 13.6. The monoisotopic (exact) mass is 510 g/mol. The van der Waals surface area contributed by atoms with Crippen LogP contribution in [0.3, 0.4) is 0 Å². The molecule has 4 aromatic rings. The minimum absolute atomic E-state index is 0.190. The molecular formula is C25H31FN6O3Si. The number of pyridine rings is 2. The second-order valence-electron chi connectivity index (χ2n) is 11.0. The van der Waals surface area contributed by atoms with Crippen molar-refractivity contribution in [1.29, 1.82) is 0 Å². The fourth-order valence-corrected chi connectivity index (χ4v) is 5.13. The van der Waals surface area contributed by atoms with Gasteiger partial charge in [0.2, 0.25) is 6.73 Å². The van der Waals surface area contributed by atoms with Crippen molar-refractivity contribution in [3.8, 4) is 22.5 Å². The average Bonchev–Trinajstić information content (AvgIpc) is 3.38. The molecule has 0 fully saturated rings. The Kier molecular flexibility index (Phi) is 6.17. The molecule has 0 atom stereocenters. The number of hydrogen-bond donors (Lipinski definition) is 0. The quantitative estimate of drug-likeness (QED) is 0.159. The first-order chi connectivity index (χ1) is 17.0. The van der Waals surface area contributed by atoms with Crippen LogP contribution in [0.25, 0.3) is 33.5 Å². The smallest absolute Gasteiger partial charge is 0.316 e. The normalized spacial score (nSPS) is 15.4. The van der Waals surface area contributed by atoms with Crippen LogP contribution in [0.4, 0.5) is 4.39 Å². The largest absolute Gasteiger partial charge is 0.711 e. The Morgan fingerprint density at radius 3 is 2.75 bits per heavy atom. The molecule has 0 amide bonds. The van der Waals surface area contributed by atoms with Gasteiger partial charge in [-0.1, -0.05) is 24.7 Å². The lowest BCUT2D eigenvalue weighted by atomic mass is 9.98. The van der Waals surface area contributed by atoms with Gasteiger partial charge in [-0.05, 0) is 38.1 Å². The Balaban J connectivity index is 1.60. The molecule has 0 radical (unpaired) electrons. The molecule has 0 spiro atoms. The van der Waals surface area contributed by atoms with E-state index < -0.39 is 13.9 Å². The summed E-state index contributed by atoms with van der Waals surface area (Å²) in [6, 6.07) is 5.77. The third-order valence-corrected chi connectivity index (χ3v) is 8.03. The maximum atomic E-state index is 13.6. The predicted molar refractivity (Wildman–Crippen MR) is 136 cm³/mol. The van der Waals surface area contributed by atoms with E-state index in [0.29, 0.717) is 42.2 Å². The lowest BCUT2D eigenvalue weighted by Crippen LogP contribution is -2.36. The molecule has 0 saturated carbocycles. The molecule has 4 aromatic heterocycles. The summed E-state index contributed by atoms with van der Waals surface area (Å²) in [4.78, 5) is 4.29. The fraction of sp³-hybridized carbons (Fsp3) is 0.440. The van der Waals surface area contributed by atoms with Gasteiger partial charge in [-0.2, -0.15) is 5.10 Å². The number of halogens is 1. The first-order valence-corrected chi connectivity index (χ1v) is 15.7. The van der Waals surface area contributed by atoms with Crippen molar-refractivity contribution in [3.05, 3.63) is 53.5 Å². The molecule has 5 heterocycles. The van der Waals surface area contributed by atoms with Gasteiger partial charge >= 0.3 is 5.65 Å². The molecule has 0 aliphatic carbocycles.